The third-order valence-electron chi connectivity index (χ3n) is 8.85. The molecule has 0 saturated carbocycles. The van der Waals surface area contributed by atoms with Crippen LogP contribution in [0.1, 0.15) is 48.8 Å². The van der Waals surface area contributed by atoms with Crippen LogP contribution in [0, 0.1) is 5.92 Å². The number of likely N-dealkylation sites (tertiary alicyclic amines) is 2. The van der Waals surface area contributed by atoms with Crippen LogP contribution in [0.3, 0.4) is 0 Å². The van der Waals surface area contributed by atoms with Crippen LogP contribution >= 0.6 is 0 Å². The van der Waals surface area contributed by atoms with Gasteiger partial charge in [-0.25, -0.2) is 4.79 Å². The summed E-state index contributed by atoms with van der Waals surface area (Å²) in [5.74, 6) is -1.18. The topological polar surface area (TPSA) is 105 Å². The molecule has 3 aliphatic rings. The highest BCUT2D eigenvalue weighted by Crippen LogP contribution is 2.44. The lowest BCUT2D eigenvalue weighted by Gasteiger charge is -2.30. The number of fused-ring (bicyclic) bond motifs is 3. The van der Waals surface area contributed by atoms with Crippen molar-refractivity contribution in [3.63, 3.8) is 0 Å². The van der Waals surface area contributed by atoms with E-state index < -0.39 is 30.1 Å². The average Bonchev–Trinajstić information content (AvgIpc) is 3.78. The lowest BCUT2D eigenvalue weighted by molar-refractivity contribution is -0.146. The van der Waals surface area contributed by atoms with E-state index in [0.29, 0.717) is 32.4 Å². The maximum atomic E-state index is 13.8. The lowest BCUT2D eigenvalue weighted by Crippen LogP contribution is -2.53. The number of amides is 3. The van der Waals surface area contributed by atoms with E-state index in [9.17, 15) is 19.2 Å². The summed E-state index contributed by atoms with van der Waals surface area (Å²) in [6.07, 6.45) is 1.15. The fraction of sp³-hybridized carbons (Fsp3) is 0.371. The summed E-state index contributed by atoms with van der Waals surface area (Å²) < 4.78 is 11.1. The summed E-state index contributed by atoms with van der Waals surface area (Å²) in [6.45, 7) is 2.82. The molecular formula is C35H37N3O6. The van der Waals surface area contributed by atoms with Gasteiger partial charge in [-0.3, -0.25) is 19.3 Å². The molecule has 2 aliphatic heterocycles. The molecule has 0 aromatic heterocycles. The first-order valence-corrected chi connectivity index (χ1v) is 15.3. The molecule has 3 aromatic rings. The minimum Gasteiger partial charge on any atom is -0.460 e. The molecule has 1 aliphatic carbocycles. The second-order valence-electron chi connectivity index (χ2n) is 11.9. The van der Waals surface area contributed by atoms with Gasteiger partial charge in [-0.2, -0.15) is 0 Å². The van der Waals surface area contributed by atoms with E-state index in [4.69, 9.17) is 9.47 Å². The average molecular weight is 596 g/mol. The van der Waals surface area contributed by atoms with Crippen LogP contribution < -0.4 is 5.32 Å². The van der Waals surface area contributed by atoms with Gasteiger partial charge in [0.1, 0.15) is 31.8 Å². The number of benzene rings is 3. The molecule has 9 nitrogen and oxygen atoms in total. The molecule has 2 fully saturated rings. The van der Waals surface area contributed by atoms with Gasteiger partial charge in [-0.15, -0.1) is 0 Å². The second kappa shape index (κ2) is 12.9. The second-order valence-corrected chi connectivity index (χ2v) is 11.9. The Labute approximate surface area is 257 Å². The number of hydrogen-bond donors (Lipinski definition) is 1. The first kappa shape index (κ1) is 29.4. The molecule has 0 bridgehead atoms. The van der Waals surface area contributed by atoms with Gasteiger partial charge in [0.15, 0.2) is 0 Å². The van der Waals surface area contributed by atoms with Crippen LogP contribution in [0.5, 0.6) is 0 Å². The van der Waals surface area contributed by atoms with E-state index >= 15 is 0 Å². The number of nitrogens with one attached hydrogen (secondary N) is 1. The van der Waals surface area contributed by atoms with Crippen LogP contribution in [0.15, 0.2) is 78.9 Å². The standard InChI is InChI=1S/C35H37N3O6/c1-23-18-31(33(40)36-19-32(39)43-21-24-10-3-2-4-11-24)38(20-23)34(41)30-16-9-17-37(30)35(42)44-22-29-27-14-7-5-12-25(27)26-13-6-8-15-28(26)29/h2-8,10-15,23,29-31H,9,16-22H2,1H3,(H,36,40)/t23-,30-,31-/m0/s1. The Hall–Kier alpha value is -4.66. The van der Waals surface area contributed by atoms with Gasteiger partial charge in [0.25, 0.3) is 0 Å². The smallest absolute Gasteiger partial charge is 0.410 e. The Balaban J connectivity index is 1.05. The molecule has 2 heterocycles. The Morgan fingerprint density at radius 1 is 0.818 bits per heavy atom. The van der Waals surface area contributed by atoms with Crippen molar-refractivity contribution in [3.05, 3.63) is 95.6 Å². The van der Waals surface area contributed by atoms with Gasteiger partial charge in [-0.05, 0) is 53.0 Å². The van der Waals surface area contributed by atoms with Crippen molar-refractivity contribution >= 4 is 23.9 Å². The van der Waals surface area contributed by atoms with Gasteiger partial charge >= 0.3 is 12.1 Å². The summed E-state index contributed by atoms with van der Waals surface area (Å²) in [5, 5.41) is 2.65. The molecule has 228 valence electrons. The van der Waals surface area contributed by atoms with E-state index in [1.165, 1.54) is 4.90 Å². The van der Waals surface area contributed by atoms with E-state index in [2.05, 4.69) is 29.6 Å². The first-order chi connectivity index (χ1) is 21.4. The number of rotatable bonds is 8. The monoisotopic (exact) mass is 595 g/mol. The van der Waals surface area contributed by atoms with Crippen molar-refractivity contribution in [2.45, 2.75) is 50.8 Å². The SMILES string of the molecule is C[C@H]1C[C@@H](C(=O)NCC(=O)OCc2ccccc2)N(C(=O)[C@@H]2CCCN2C(=O)OCC2c3ccccc3-c3ccccc32)C1. The Bertz CT molecular complexity index is 1500. The third-order valence-corrected chi connectivity index (χ3v) is 8.85. The Kier molecular flexibility index (Phi) is 8.63. The van der Waals surface area contributed by atoms with Gasteiger partial charge in [-0.1, -0.05) is 85.8 Å². The van der Waals surface area contributed by atoms with Crippen molar-refractivity contribution < 1.29 is 28.7 Å². The minimum atomic E-state index is -0.718. The van der Waals surface area contributed by atoms with Crippen LogP contribution in [0.25, 0.3) is 11.1 Å². The van der Waals surface area contributed by atoms with Crippen molar-refractivity contribution in [1.29, 1.82) is 0 Å². The van der Waals surface area contributed by atoms with Gasteiger partial charge in [0.2, 0.25) is 11.8 Å². The van der Waals surface area contributed by atoms with Gasteiger partial charge < -0.3 is 19.7 Å². The minimum absolute atomic E-state index is 0.0741. The van der Waals surface area contributed by atoms with Gasteiger partial charge in [0, 0.05) is 19.0 Å². The van der Waals surface area contributed by atoms with Crippen LogP contribution in [-0.2, 0) is 30.5 Å². The summed E-state index contributed by atoms with van der Waals surface area (Å²) >= 11 is 0. The molecule has 6 rings (SSSR count). The van der Waals surface area contributed by atoms with E-state index in [-0.39, 0.29) is 37.5 Å². The van der Waals surface area contributed by atoms with Crippen LogP contribution in [0.4, 0.5) is 4.79 Å². The zero-order valence-corrected chi connectivity index (χ0v) is 24.8. The van der Waals surface area contributed by atoms with Crippen LogP contribution in [0.2, 0.25) is 0 Å². The highest BCUT2D eigenvalue weighted by atomic mass is 16.6. The fourth-order valence-electron chi connectivity index (χ4n) is 6.71. The summed E-state index contributed by atoms with van der Waals surface area (Å²) in [5.41, 5.74) is 5.40. The zero-order chi connectivity index (χ0) is 30.6. The molecule has 0 unspecified atom stereocenters. The molecule has 44 heavy (non-hydrogen) atoms. The van der Waals surface area contributed by atoms with E-state index in [0.717, 1.165) is 27.8 Å². The molecule has 0 radical (unpaired) electrons. The molecule has 3 aromatic carbocycles. The van der Waals surface area contributed by atoms with E-state index in [1.807, 2.05) is 61.5 Å². The molecule has 9 heteroatoms. The normalized spacial score (nSPS) is 20.6. The van der Waals surface area contributed by atoms with Gasteiger partial charge in [0.05, 0.1) is 0 Å². The van der Waals surface area contributed by atoms with Crippen molar-refractivity contribution in [2.24, 2.45) is 5.92 Å². The maximum absolute atomic E-state index is 13.8. The molecule has 3 amide bonds. The first-order valence-electron chi connectivity index (χ1n) is 15.3. The number of ether oxygens (including phenoxy) is 2. The maximum Gasteiger partial charge on any atom is 0.410 e. The highest BCUT2D eigenvalue weighted by molar-refractivity contribution is 5.93. The summed E-state index contributed by atoms with van der Waals surface area (Å²) in [6, 6.07) is 24.2. The highest BCUT2D eigenvalue weighted by Gasteiger charge is 2.44. The quantitative estimate of drug-likeness (QED) is 0.385. The number of carbonyl (C=O) groups excluding carboxylic acids is 4. The zero-order valence-electron chi connectivity index (χ0n) is 24.8. The Morgan fingerprint density at radius 2 is 1.48 bits per heavy atom. The van der Waals surface area contributed by atoms with Crippen LogP contribution in [-0.4, -0.2) is 72.0 Å². The lowest BCUT2D eigenvalue weighted by atomic mass is 9.98. The van der Waals surface area contributed by atoms with Crippen molar-refractivity contribution in [1.82, 2.24) is 15.1 Å². The van der Waals surface area contributed by atoms with E-state index in [1.54, 1.807) is 4.90 Å². The largest absolute Gasteiger partial charge is 0.460 e. The fourth-order valence-corrected chi connectivity index (χ4v) is 6.71. The number of nitrogens with zero attached hydrogens (tertiary/aromatic N) is 2. The number of carbonyl (C=O) groups is 4. The van der Waals surface area contributed by atoms with Crippen molar-refractivity contribution in [3.8, 4) is 11.1 Å². The molecule has 0 spiro atoms. The predicted molar refractivity (Wildman–Crippen MR) is 163 cm³/mol. The number of hydrogen-bond acceptors (Lipinski definition) is 6. The van der Waals surface area contributed by atoms with Crippen molar-refractivity contribution in [2.75, 3.05) is 26.2 Å². The summed E-state index contributed by atoms with van der Waals surface area (Å²) in [7, 11) is 0. The predicted octanol–water partition coefficient (Wildman–Crippen LogP) is 4.50. The summed E-state index contributed by atoms with van der Waals surface area (Å²) in [4.78, 5) is 55.7. The molecule has 1 N–H and O–H groups in total. The third kappa shape index (κ3) is 6.04. The molecule has 2 saturated heterocycles. The Morgan fingerprint density at radius 3 is 2.18 bits per heavy atom. The molecular weight excluding hydrogens is 558 g/mol. The number of esters is 1. The molecule has 3 atom stereocenters.